The first kappa shape index (κ1) is 18.0. The summed E-state index contributed by atoms with van der Waals surface area (Å²) in [5.41, 5.74) is 9.17. The zero-order chi connectivity index (χ0) is 18.4. The summed E-state index contributed by atoms with van der Waals surface area (Å²) in [7, 11) is -3.76. The molecular formula is C12H21N7O5S. The molecule has 6 atom stereocenters. The van der Waals surface area contributed by atoms with Crippen molar-refractivity contribution >= 4 is 15.8 Å². The van der Waals surface area contributed by atoms with Crippen LogP contribution in [0.5, 0.6) is 0 Å². The van der Waals surface area contributed by atoms with Crippen molar-refractivity contribution in [3.8, 4) is 0 Å². The summed E-state index contributed by atoms with van der Waals surface area (Å²) in [4.78, 5) is 3.99. The maximum Gasteiger partial charge on any atom is 0.206 e. The molecule has 1 aromatic rings. The highest BCUT2D eigenvalue weighted by atomic mass is 32.2. The van der Waals surface area contributed by atoms with Gasteiger partial charge in [-0.05, 0) is 12.8 Å². The second-order valence-electron chi connectivity index (χ2n) is 6.58. The van der Waals surface area contributed by atoms with Gasteiger partial charge in [-0.15, -0.1) is 10.2 Å². The number of hydrogen-bond acceptors (Lipinski definition) is 9. The number of aromatic nitrogens is 4. The van der Waals surface area contributed by atoms with Crippen LogP contribution in [0.2, 0.25) is 0 Å². The highest BCUT2D eigenvalue weighted by molar-refractivity contribution is 7.93. The molecule has 2 heterocycles. The number of rotatable bonds is 5. The molecule has 25 heavy (non-hydrogen) atoms. The zero-order valence-corrected chi connectivity index (χ0v) is 14.0. The van der Waals surface area contributed by atoms with E-state index >= 15 is 0 Å². The normalized spacial score (nSPS) is 37.6. The number of tetrazole rings is 1. The Bertz CT molecular complexity index is 750. The average Bonchev–Trinajstić information content (AvgIpc) is 3.19. The zero-order valence-electron chi connectivity index (χ0n) is 13.2. The fourth-order valence-corrected chi connectivity index (χ4v) is 6.86. The molecule has 140 valence electrons. The highest BCUT2D eigenvalue weighted by Gasteiger charge is 2.66. The van der Waals surface area contributed by atoms with E-state index in [-0.39, 0.29) is 31.0 Å². The number of guanidine groups is 1. The van der Waals surface area contributed by atoms with Gasteiger partial charge in [-0.3, -0.25) is 0 Å². The van der Waals surface area contributed by atoms with Gasteiger partial charge in [-0.1, -0.05) is 5.21 Å². The summed E-state index contributed by atoms with van der Waals surface area (Å²) in [5.74, 6) is -1.05. The number of nitrogens with two attached hydrogens (primary N) is 2. The number of aliphatic hydroxyl groups excluding tert-OH is 2. The van der Waals surface area contributed by atoms with Crippen LogP contribution >= 0.6 is 0 Å². The van der Waals surface area contributed by atoms with Crippen LogP contribution in [-0.2, 0) is 15.4 Å². The summed E-state index contributed by atoms with van der Waals surface area (Å²) >= 11 is 0. The fraction of sp³-hybridized carbons (Fsp3) is 0.833. The van der Waals surface area contributed by atoms with Crippen LogP contribution in [-0.4, -0.2) is 79.6 Å². The summed E-state index contributed by atoms with van der Waals surface area (Å²) in [5, 5.41) is 41.1. The maximum absolute atomic E-state index is 13.0. The van der Waals surface area contributed by atoms with Gasteiger partial charge in [0.1, 0.15) is 5.60 Å². The number of aliphatic hydroxyl groups is 3. The van der Waals surface area contributed by atoms with Crippen molar-refractivity contribution < 1.29 is 23.7 Å². The van der Waals surface area contributed by atoms with E-state index in [1.54, 1.807) is 0 Å². The number of aromatic amines is 1. The predicted molar refractivity (Wildman–Crippen MR) is 84.6 cm³/mol. The van der Waals surface area contributed by atoms with Crippen molar-refractivity contribution in [2.75, 3.05) is 6.61 Å². The molecule has 0 aromatic carbocycles. The molecular weight excluding hydrogens is 354 g/mol. The lowest BCUT2D eigenvalue weighted by Gasteiger charge is -2.25. The lowest BCUT2D eigenvalue weighted by Crippen LogP contribution is -2.35. The fourth-order valence-electron chi connectivity index (χ4n) is 4.06. The number of H-pyrrole nitrogens is 1. The van der Waals surface area contributed by atoms with Gasteiger partial charge >= 0.3 is 0 Å². The Morgan fingerprint density at radius 3 is 2.76 bits per heavy atom. The Kier molecular flexibility index (Phi) is 4.43. The third-order valence-corrected chi connectivity index (χ3v) is 7.78. The van der Waals surface area contributed by atoms with E-state index < -0.39 is 50.6 Å². The van der Waals surface area contributed by atoms with Crippen LogP contribution in [0.3, 0.4) is 0 Å². The SMILES string of the molecule is NC(N)=N[C@H]1C[C@](O)(c2nn[nH]n2)[C@H]2C[C@H](C[C@H](O)CO)S(=O)(=O)[C@@H]12. The third kappa shape index (κ3) is 2.86. The second kappa shape index (κ2) is 6.16. The van der Waals surface area contributed by atoms with Crippen LogP contribution in [0, 0.1) is 5.92 Å². The van der Waals surface area contributed by atoms with Crippen molar-refractivity contribution in [3.05, 3.63) is 5.82 Å². The maximum atomic E-state index is 13.0. The van der Waals surface area contributed by atoms with Gasteiger partial charge in [0.25, 0.3) is 0 Å². The van der Waals surface area contributed by atoms with Crippen molar-refractivity contribution in [3.63, 3.8) is 0 Å². The Balaban J connectivity index is 2.02. The molecule has 1 aliphatic carbocycles. The monoisotopic (exact) mass is 375 g/mol. The van der Waals surface area contributed by atoms with E-state index in [4.69, 9.17) is 16.6 Å². The van der Waals surface area contributed by atoms with Gasteiger partial charge < -0.3 is 26.8 Å². The minimum Gasteiger partial charge on any atom is -0.394 e. The molecule has 0 amide bonds. The first-order valence-corrected chi connectivity index (χ1v) is 9.37. The number of nitrogens with zero attached hydrogens (tertiary/aromatic N) is 4. The molecule has 0 radical (unpaired) electrons. The third-order valence-electron chi connectivity index (χ3n) is 5.06. The molecule has 8 N–H and O–H groups in total. The van der Waals surface area contributed by atoms with Crippen LogP contribution in [0.15, 0.2) is 4.99 Å². The first-order valence-electron chi connectivity index (χ1n) is 7.76. The summed E-state index contributed by atoms with van der Waals surface area (Å²) < 4.78 is 25.9. The molecule has 0 unspecified atom stereocenters. The van der Waals surface area contributed by atoms with E-state index in [0.29, 0.717) is 0 Å². The minimum atomic E-state index is -3.76. The van der Waals surface area contributed by atoms with E-state index in [9.17, 15) is 18.6 Å². The summed E-state index contributed by atoms with van der Waals surface area (Å²) in [6.45, 7) is -0.548. The quantitative estimate of drug-likeness (QED) is 0.219. The summed E-state index contributed by atoms with van der Waals surface area (Å²) in [6, 6.07) is -0.861. The van der Waals surface area contributed by atoms with Crippen molar-refractivity contribution in [2.45, 2.75) is 47.5 Å². The van der Waals surface area contributed by atoms with Crippen LogP contribution in [0.4, 0.5) is 0 Å². The van der Waals surface area contributed by atoms with Crippen molar-refractivity contribution in [2.24, 2.45) is 22.4 Å². The highest BCUT2D eigenvalue weighted by Crippen LogP contribution is 2.54. The van der Waals surface area contributed by atoms with Crippen LogP contribution in [0.25, 0.3) is 0 Å². The topological polar surface area (TPSA) is 214 Å². The largest absolute Gasteiger partial charge is 0.394 e. The molecule has 2 fully saturated rings. The summed E-state index contributed by atoms with van der Waals surface area (Å²) in [6.07, 6.45) is -1.29. The van der Waals surface area contributed by atoms with E-state index in [1.165, 1.54) is 0 Å². The number of sulfone groups is 1. The van der Waals surface area contributed by atoms with Gasteiger partial charge in [0.2, 0.25) is 5.82 Å². The molecule has 1 saturated carbocycles. The van der Waals surface area contributed by atoms with Crippen molar-refractivity contribution in [1.82, 2.24) is 20.6 Å². The molecule has 2 aliphatic rings. The lowest BCUT2D eigenvalue weighted by molar-refractivity contribution is -0.0128. The molecule has 13 heteroatoms. The number of nitrogens with one attached hydrogen (secondary N) is 1. The standard InChI is InChI=1S/C12H21N7O5S/c13-11(14)15-8-3-12(22,10-16-18-19-17-10)7-2-6(1-5(21)4-20)25(23,24)9(7)8/h5-9,20-22H,1-4H2,(H4,13,14,15)(H,16,17,18,19)/t5-,6-,7-,8-,9+,12+/m0/s1. The Morgan fingerprint density at radius 1 is 1.48 bits per heavy atom. The first-order chi connectivity index (χ1) is 11.7. The van der Waals surface area contributed by atoms with Gasteiger partial charge in [0.15, 0.2) is 15.8 Å². The molecule has 1 aliphatic heterocycles. The smallest absolute Gasteiger partial charge is 0.206 e. The van der Waals surface area contributed by atoms with Crippen LogP contribution in [0.1, 0.15) is 25.1 Å². The Labute approximate surface area is 143 Å². The second-order valence-corrected chi connectivity index (χ2v) is 8.96. The van der Waals surface area contributed by atoms with Gasteiger partial charge in [-0.2, -0.15) is 5.21 Å². The molecule has 1 saturated heterocycles. The van der Waals surface area contributed by atoms with Crippen molar-refractivity contribution in [1.29, 1.82) is 0 Å². The van der Waals surface area contributed by atoms with Gasteiger partial charge in [-0.25, -0.2) is 13.4 Å². The number of fused-ring (bicyclic) bond motifs is 1. The lowest BCUT2D eigenvalue weighted by atomic mass is 9.86. The van der Waals surface area contributed by atoms with E-state index in [1.807, 2.05) is 0 Å². The Morgan fingerprint density at radius 2 is 2.20 bits per heavy atom. The minimum absolute atomic E-state index is 0.0191. The molecule has 0 bridgehead atoms. The average molecular weight is 375 g/mol. The van der Waals surface area contributed by atoms with Crippen LogP contribution < -0.4 is 11.5 Å². The number of aliphatic imine (C=N–C) groups is 1. The molecule has 3 rings (SSSR count). The molecule has 1 aromatic heterocycles. The predicted octanol–water partition coefficient (Wildman–Crippen LogP) is -3.65. The Hall–Kier alpha value is -1.83. The van der Waals surface area contributed by atoms with Gasteiger partial charge in [0, 0.05) is 12.3 Å². The van der Waals surface area contributed by atoms with Gasteiger partial charge in [0.05, 0.1) is 29.3 Å². The molecule has 12 nitrogen and oxygen atoms in total. The number of hydrogen-bond donors (Lipinski definition) is 6. The molecule has 0 spiro atoms. The van der Waals surface area contributed by atoms with E-state index in [0.717, 1.165) is 0 Å². The van der Waals surface area contributed by atoms with E-state index in [2.05, 4.69) is 25.6 Å².